The van der Waals surface area contributed by atoms with Crippen molar-refractivity contribution in [3.8, 4) is 0 Å². The quantitative estimate of drug-likeness (QED) is 0.633. The molecule has 2 spiro atoms. The number of carboxylic acids is 1. The third kappa shape index (κ3) is 5.62. The van der Waals surface area contributed by atoms with Gasteiger partial charge in [0.05, 0.1) is 37.3 Å². The summed E-state index contributed by atoms with van der Waals surface area (Å²) in [5, 5.41) is 11.5. The monoisotopic (exact) mass is 511 g/mol. The summed E-state index contributed by atoms with van der Waals surface area (Å²) in [6.45, 7) is 12.6. The molecule has 4 fully saturated rings. The highest BCUT2D eigenvalue weighted by molar-refractivity contribution is 5.85. The van der Waals surface area contributed by atoms with Gasteiger partial charge in [0, 0.05) is 26.2 Å². The van der Waals surface area contributed by atoms with Gasteiger partial charge in [-0.3, -0.25) is 5.32 Å². The molecule has 11 heteroatoms. The number of hydrogen-bond acceptors (Lipinski definition) is 9. The van der Waals surface area contributed by atoms with Crippen molar-refractivity contribution in [3.05, 3.63) is 42.1 Å². The van der Waals surface area contributed by atoms with E-state index in [0.717, 1.165) is 64.2 Å². The minimum Gasteiger partial charge on any atom is -0.477 e. The summed E-state index contributed by atoms with van der Waals surface area (Å²) >= 11 is 0. The summed E-state index contributed by atoms with van der Waals surface area (Å²) in [7, 11) is 0. The van der Waals surface area contributed by atoms with E-state index in [0.29, 0.717) is 16.6 Å². The molecule has 0 radical (unpaired) electrons. The minimum absolute atomic E-state index is 0.100. The van der Waals surface area contributed by atoms with Gasteiger partial charge in [0.1, 0.15) is 23.1 Å². The number of aromatic carboxylic acids is 1. The first kappa shape index (κ1) is 25.2. The smallest absolute Gasteiger partial charge is 0.413 e. The van der Waals surface area contributed by atoms with Gasteiger partial charge < -0.3 is 29.1 Å². The van der Waals surface area contributed by atoms with E-state index in [2.05, 4.69) is 25.1 Å². The van der Waals surface area contributed by atoms with Gasteiger partial charge in [0.15, 0.2) is 5.69 Å². The molecule has 2 aromatic rings. The Labute approximate surface area is 215 Å². The van der Waals surface area contributed by atoms with Crippen LogP contribution in [0.5, 0.6) is 0 Å². The zero-order chi connectivity index (χ0) is 26.3. The second-order valence-corrected chi connectivity index (χ2v) is 11.4. The molecule has 4 saturated heterocycles. The predicted molar refractivity (Wildman–Crippen MR) is 136 cm³/mol. The van der Waals surface area contributed by atoms with Crippen molar-refractivity contribution < 1.29 is 28.9 Å². The lowest BCUT2D eigenvalue weighted by atomic mass is 9.78. The normalized spacial score (nSPS) is 20.4. The first-order chi connectivity index (χ1) is 17.5. The maximum Gasteiger partial charge on any atom is 0.413 e. The standard InChI is InChI=1S/C15H21N3O3.C11H12N2O3/c1-14(2,3)21-13(19)17-11-5-4-6-12(16-11)18-7-15(8-18)9-20-10-15;14-10(15)8-2-1-3-9(12-8)13-4-11(5-13)6-16-7-11/h4-6H,7-10H2,1-3H3,(H,16,17,19);1-3H,4-7H2,(H,14,15). The average Bonchev–Trinajstić information content (AvgIpc) is 2.69. The van der Waals surface area contributed by atoms with E-state index in [4.69, 9.17) is 19.3 Å². The third-order valence-corrected chi connectivity index (χ3v) is 6.70. The predicted octanol–water partition coefficient (Wildman–Crippen LogP) is 2.88. The number of hydrogen-bond donors (Lipinski definition) is 2. The van der Waals surface area contributed by atoms with Gasteiger partial charge in [0.2, 0.25) is 0 Å². The number of nitrogens with zero attached hydrogens (tertiary/aromatic N) is 4. The highest BCUT2D eigenvalue weighted by atomic mass is 16.6. The number of ether oxygens (including phenoxy) is 3. The van der Waals surface area contributed by atoms with E-state index in [1.54, 1.807) is 12.1 Å². The van der Waals surface area contributed by atoms with Crippen LogP contribution in [-0.4, -0.2) is 85.3 Å². The molecule has 0 aliphatic carbocycles. The van der Waals surface area contributed by atoms with Crippen LogP contribution in [0.3, 0.4) is 0 Å². The number of carboxylic acid groups (broad SMARTS) is 1. The van der Waals surface area contributed by atoms with Crippen molar-refractivity contribution in [1.29, 1.82) is 0 Å². The first-order valence-corrected chi connectivity index (χ1v) is 12.4. The highest BCUT2D eigenvalue weighted by Crippen LogP contribution is 2.40. The van der Waals surface area contributed by atoms with E-state index in [-0.39, 0.29) is 5.69 Å². The van der Waals surface area contributed by atoms with Crippen LogP contribution in [0.4, 0.5) is 22.2 Å². The van der Waals surface area contributed by atoms with Gasteiger partial charge in [-0.1, -0.05) is 12.1 Å². The number of nitrogens with one attached hydrogen (secondary N) is 1. The lowest BCUT2D eigenvalue weighted by Gasteiger charge is -2.55. The van der Waals surface area contributed by atoms with E-state index in [1.807, 2.05) is 39.0 Å². The van der Waals surface area contributed by atoms with Crippen molar-refractivity contribution in [1.82, 2.24) is 9.97 Å². The van der Waals surface area contributed by atoms with Gasteiger partial charge in [-0.15, -0.1) is 0 Å². The lowest BCUT2D eigenvalue weighted by molar-refractivity contribution is -0.127. The number of carbonyl (C=O) groups excluding carboxylic acids is 1. The van der Waals surface area contributed by atoms with Crippen molar-refractivity contribution in [2.75, 3.05) is 67.7 Å². The van der Waals surface area contributed by atoms with Gasteiger partial charge in [-0.05, 0) is 45.0 Å². The molecule has 4 aliphatic heterocycles. The first-order valence-electron chi connectivity index (χ1n) is 12.4. The average molecular weight is 512 g/mol. The van der Waals surface area contributed by atoms with Gasteiger partial charge in [-0.25, -0.2) is 19.6 Å². The molecular weight excluding hydrogens is 478 g/mol. The molecule has 37 heavy (non-hydrogen) atoms. The Morgan fingerprint density at radius 2 is 1.41 bits per heavy atom. The fourth-order valence-electron chi connectivity index (χ4n) is 4.79. The van der Waals surface area contributed by atoms with Crippen LogP contribution in [0.15, 0.2) is 36.4 Å². The highest BCUT2D eigenvalue weighted by Gasteiger charge is 2.50. The summed E-state index contributed by atoms with van der Waals surface area (Å²) in [6.07, 6.45) is -0.486. The van der Waals surface area contributed by atoms with E-state index >= 15 is 0 Å². The topological polar surface area (TPSA) is 126 Å². The van der Waals surface area contributed by atoms with E-state index < -0.39 is 17.7 Å². The van der Waals surface area contributed by atoms with Crippen LogP contribution in [0.25, 0.3) is 0 Å². The van der Waals surface area contributed by atoms with Gasteiger partial charge in [-0.2, -0.15) is 0 Å². The van der Waals surface area contributed by atoms with Crippen LogP contribution in [0.2, 0.25) is 0 Å². The van der Waals surface area contributed by atoms with Crippen LogP contribution in [0, 0.1) is 10.8 Å². The van der Waals surface area contributed by atoms with Gasteiger partial charge in [0.25, 0.3) is 0 Å². The number of anilines is 3. The molecule has 0 saturated carbocycles. The Kier molecular flexibility index (Phi) is 6.45. The number of amides is 1. The summed E-state index contributed by atoms with van der Waals surface area (Å²) in [6, 6.07) is 10.7. The molecule has 2 N–H and O–H groups in total. The van der Waals surface area contributed by atoms with Crippen molar-refractivity contribution in [2.24, 2.45) is 10.8 Å². The SMILES string of the molecule is CC(C)(C)OC(=O)Nc1cccc(N2CC3(COC3)C2)n1.O=C(O)c1cccc(N2CC3(COC3)C2)n1. The summed E-state index contributed by atoms with van der Waals surface area (Å²) in [4.78, 5) is 35.4. The molecule has 11 nitrogen and oxygen atoms in total. The minimum atomic E-state index is -0.982. The van der Waals surface area contributed by atoms with Gasteiger partial charge >= 0.3 is 12.1 Å². The molecule has 0 atom stereocenters. The maximum atomic E-state index is 11.7. The molecule has 198 valence electrons. The van der Waals surface area contributed by atoms with Crippen LogP contribution in [0.1, 0.15) is 31.3 Å². The summed E-state index contributed by atoms with van der Waals surface area (Å²) in [5.74, 6) is 1.15. The zero-order valence-corrected chi connectivity index (χ0v) is 21.4. The summed E-state index contributed by atoms with van der Waals surface area (Å²) < 4.78 is 15.7. The molecule has 6 heterocycles. The van der Waals surface area contributed by atoms with Crippen LogP contribution >= 0.6 is 0 Å². The number of aromatic nitrogens is 2. The Morgan fingerprint density at radius 1 is 0.892 bits per heavy atom. The number of rotatable bonds is 4. The molecule has 0 bridgehead atoms. The van der Waals surface area contributed by atoms with Crippen molar-refractivity contribution in [2.45, 2.75) is 26.4 Å². The maximum absolute atomic E-state index is 11.7. The lowest BCUT2D eigenvalue weighted by Crippen LogP contribution is -2.66. The zero-order valence-electron chi connectivity index (χ0n) is 21.4. The second kappa shape index (κ2) is 9.46. The molecule has 0 unspecified atom stereocenters. The molecule has 4 aliphatic rings. The fourth-order valence-corrected chi connectivity index (χ4v) is 4.79. The fraction of sp³-hybridized carbons (Fsp3) is 0.538. The van der Waals surface area contributed by atoms with Crippen molar-refractivity contribution >= 4 is 29.5 Å². The molecular formula is C26H33N5O6. The van der Waals surface area contributed by atoms with Crippen LogP contribution < -0.4 is 15.1 Å². The van der Waals surface area contributed by atoms with Crippen LogP contribution in [-0.2, 0) is 14.2 Å². The van der Waals surface area contributed by atoms with E-state index in [9.17, 15) is 9.59 Å². The molecule has 6 rings (SSSR count). The molecule has 0 aromatic carbocycles. The second-order valence-electron chi connectivity index (χ2n) is 11.4. The Bertz CT molecular complexity index is 1160. The third-order valence-electron chi connectivity index (χ3n) is 6.70. The number of carbonyl (C=O) groups is 2. The molecule has 1 amide bonds. The van der Waals surface area contributed by atoms with Crippen molar-refractivity contribution in [3.63, 3.8) is 0 Å². The molecule has 2 aromatic heterocycles. The Balaban J connectivity index is 0.000000157. The number of pyridine rings is 2. The Morgan fingerprint density at radius 3 is 1.86 bits per heavy atom. The van der Waals surface area contributed by atoms with E-state index in [1.165, 1.54) is 6.07 Å². The Hall–Kier alpha value is -3.44. The summed E-state index contributed by atoms with van der Waals surface area (Å²) in [5.41, 5.74) is 0.246. The largest absolute Gasteiger partial charge is 0.477 e.